The van der Waals surface area contributed by atoms with Gasteiger partial charge in [-0.3, -0.25) is 14.4 Å². The van der Waals surface area contributed by atoms with Crippen molar-refractivity contribution in [1.29, 1.82) is 0 Å². The van der Waals surface area contributed by atoms with Gasteiger partial charge < -0.3 is 15.1 Å². The standard InChI is InChI=1S/C14H25N3O3/c1-4-11(2)14(20)17-9-7-16(8-10-17)13(19)6-5-12(18)15-3/h11H,4-10H2,1-3H3,(H,15,18). The van der Waals surface area contributed by atoms with Crippen LogP contribution in [-0.2, 0) is 14.4 Å². The molecule has 1 heterocycles. The zero-order valence-electron chi connectivity index (χ0n) is 12.6. The number of nitrogens with zero attached hydrogens (tertiary/aromatic N) is 2. The van der Waals surface area contributed by atoms with Crippen LogP contribution < -0.4 is 5.32 Å². The summed E-state index contributed by atoms with van der Waals surface area (Å²) in [5.74, 6) is 0.0867. The summed E-state index contributed by atoms with van der Waals surface area (Å²) in [7, 11) is 1.56. The van der Waals surface area contributed by atoms with E-state index in [1.54, 1.807) is 11.9 Å². The lowest BCUT2D eigenvalue weighted by Crippen LogP contribution is -2.51. The Hall–Kier alpha value is -1.59. The number of hydrogen-bond acceptors (Lipinski definition) is 3. The third kappa shape index (κ3) is 4.51. The number of piperazine rings is 1. The zero-order chi connectivity index (χ0) is 15.1. The second-order valence-corrected chi connectivity index (χ2v) is 5.19. The second kappa shape index (κ2) is 7.87. The molecule has 20 heavy (non-hydrogen) atoms. The maximum absolute atomic E-state index is 12.0. The molecule has 0 aromatic heterocycles. The number of nitrogens with one attached hydrogen (secondary N) is 1. The number of carbonyl (C=O) groups excluding carboxylic acids is 3. The first-order chi connectivity index (χ1) is 9.49. The lowest BCUT2D eigenvalue weighted by molar-refractivity contribution is -0.142. The minimum Gasteiger partial charge on any atom is -0.359 e. The highest BCUT2D eigenvalue weighted by atomic mass is 16.2. The summed E-state index contributed by atoms with van der Waals surface area (Å²) in [6.07, 6.45) is 1.30. The third-order valence-electron chi connectivity index (χ3n) is 3.82. The van der Waals surface area contributed by atoms with Crippen molar-refractivity contribution < 1.29 is 14.4 Å². The van der Waals surface area contributed by atoms with Crippen molar-refractivity contribution in [2.75, 3.05) is 33.2 Å². The van der Waals surface area contributed by atoms with Crippen molar-refractivity contribution in [3.8, 4) is 0 Å². The molecule has 1 unspecified atom stereocenters. The fourth-order valence-corrected chi connectivity index (χ4v) is 2.17. The second-order valence-electron chi connectivity index (χ2n) is 5.19. The van der Waals surface area contributed by atoms with Gasteiger partial charge in [-0.1, -0.05) is 13.8 Å². The molecule has 1 atom stereocenters. The minimum absolute atomic E-state index is 0.00996. The topological polar surface area (TPSA) is 69.7 Å². The average Bonchev–Trinajstić information content (AvgIpc) is 2.50. The van der Waals surface area contributed by atoms with E-state index in [2.05, 4.69) is 5.32 Å². The SMILES string of the molecule is CCC(C)C(=O)N1CCN(C(=O)CCC(=O)NC)CC1. The summed E-state index contributed by atoms with van der Waals surface area (Å²) < 4.78 is 0. The van der Waals surface area contributed by atoms with Crippen LogP contribution in [-0.4, -0.2) is 60.7 Å². The Labute approximate surface area is 120 Å². The van der Waals surface area contributed by atoms with Crippen LogP contribution in [0.1, 0.15) is 33.1 Å². The molecular weight excluding hydrogens is 258 g/mol. The van der Waals surface area contributed by atoms with Crippen molar-refractivity contribution >= 4 is 17.7 Å². The fourth-order valence-electron chi connectivity index (χ4n) is 2.17. The van der Waals surface area contributed by atoms with Gasteiger partial charge in [-0.25, -0.2) is 0 Å². The molecule has 1 fully saturated rings. The zero-order valence-corrected chi connectivity index (χ0v) is 12.6. The van der Waals surface area contributed by atoms with E-state index in [4.69, 9.17) is 0 Å². The van der Waals surface area contributed by atoms with E-state index >= 15 is 0 Å². The van der Waals surface area contributed by atoms with Gasteiger partial charge >= 0.3 is 0 Å². The molecule has 1 aliphatic heterocycles. The maximum Gasteiger partial charge on any atom is 0.225 e. The molecule has 114 valence electrons. The third-order valence-corrected chi connectivity index (χ3v) is 3.82. The first-order valence-electron chi connectivity index (χ1n) is 7.26. The molecule has 0 aliphatic carbocycles. The molecule has 6 nitrogen and oxygen atoms in total. The van der Waals surface area contributed by atoms with E-state index in [0.717, 1.165) is 6.42 Å². The molecule has 6 heteroatoms. The normalized spacial score (nSPS) is 16.8. The first-order valence-corrected chi connectivity index (χ1v) is 7.26. The van der Waals surface area contributed by atoms with Crippen LogP contribution in [0, 0.1) is 5.92 Å². The minimum atomic E-state index is -0.121. The summed E-state index contributed by atoms with van der Waals surface area (Å²) in [5, 5.41) is 2.50. The van der Waals surface area contributed by atoms with E-state index in [0.29, 0.717) is 26.2 Å². The van der Waals surface area contributed by atoms with Gasteiger partial charge in [0.1, 0.15) is 0 Å². The van der Waals surface area contributed by atoms with Gasteiger partial charge in [0, 0.05) is 52.0 Å². The molecule has 0 bridgehead atoms. The Morgan fingerprint density at radius 3 is 2.10 bits per heavy atom. The van der Waals surface area contributed by atoms with E-state index in [1.807, 2.05) is 18.7 Å². The highest BCUT2D eigenvalue weighted by Crippen LogP contribution is 2.11. The van der Waals surface area contributed by atoms with Gasteiger partial charge in [0.05, 0.1) is 0 Å². The lowest BCUT2D eigenvalue weighted by Gasteiger charge is -2.36. The van der Waals surface area contributed by atoms with Crippen LogP contribution in [0.4, 0.5) is 0 Å². The number of hydrogen-bond donors (Lipinski definition) is 1. The Morgan fingerprint density at radius 1 is 1.05 bits per heavy atom. The Kier molecular flexibility index (Phi) is 6.48. The molecule has 1 N–H and O–H groups in total. The van der Waals surface area contributed by atoms with Gasteiger partial charge in [-0.15, -0.1) is 0 Å². The van der Waals surface area contributed by atoms with Gasteiger partial charge in [0.25, 0.3) is 0 Å². The Balaban J connectivity index is 2.36. The van der Waals surface area contributed by atoms with E-state index in [-0.39, 0.29) is 36.5 Å². The van der Waals surface area contributed by atoms with Crippen molar-refractivity contribution in [3.63, 3.8) is 0 Å². The number of carbonyl (C=O) groups is 3. The van der Waals surface area contributed by atoms with Crippen LogP contribution in [0.5, 0.6) is 0 Å². The smallest absolute Gasteiger partial charge is 0.225 e. The first kappa shape index (κ1) is 16.5. The summed E-state index contributed by atoms with van der Waals surface area (Å²) in [5.41, 5.74) is 0. The van der Waals surface area contributed by atoms with E-state index in [1.165, 1.54) is 0 Å². The van der Waals surface area contributed by atoms with Crippen molar-refractivity contribution in [2.45, 2.75) is 33.1 Å². The molecule has 1 rings (SSSR count). The lowest BCUT2D eigenvalue weighted by atomic mass is 10.1. The predicted molar refractivity (Wildman–Crippen MR) is 75.9 cm³/mol. The summed E-state index contributed by atoms with van der Waals surface area (Å²) >= 11 is 0. The highest BCUT2D eigenvalue weighted by molar-refractivity contribution is 5.84. The summed E-state index contributed by atoms with van der Waals surface area (Å²) in [4.78, 5) is 38.6. The molecule has 0 radical (unpaired) electrons. The monoisotopic (exact) mass is 283 g/mol. The van der Waals surface area contributed by atoms with Crippen molar-refractivity contribution in [3.05, 3.63) is 0 Å². The van der Waals surface area contributed by atoms with Crippen LogP contribution >= 0.6 is 0 Å². The molecule has 1 aliphatic rings. The molecule has 0 saturated carbocycles. The van der Waals surface area contributed by atoms with E-state index < -0.39 is 0 Å². The predicted octanol–water partition coefficient (Wildman–Crippen LogP) is 0.230. The van der Waals surface area contributed by atoms with Crippen LogP contribution in [0.15, 0.2) is 0 Å². The number of amides is 3. The molecule has 0 aromatic rings. The average molecular weight is 283 g/mol. The highest BCUT2D eigenvalue weighted by Gasteiger charge is 2.26. The van der Waals surface area contributed by atoms with Crippen molar-refractivity contribution in [1.82, 2.24) is 15.1 Å². The molecule has 1 saturated heterocycles. The van der Waals surface area contributed by atoms with Crippen LogP contribution in [0.25, 0.3) is 0 Å². The molecule has 0 spiro atoms. The largest absolute Gasteiger partial charge is 0.359 e. The number of rotatable bonds is 5. The molecule has 3 amide bonds. The van der Waals surface area contributed by atoms with Crippen molar-refractivity contribution in [2.24, 2.45) is 5.92 Å². The van der Waals surface area contributed by atoms with Gasteiger partial charge in [0.15, 0.2) is 0 Å². The molecule has 0 aromatic carbocycles. The van der Waals surface area contributed by atoms with Crippen LogP contribution in [0.2, 0.25) is 0 Å². The van der Waals surface area contributed by atoms with E-state index in [9.17, 15) is 14.4 Å². The maximum atomic E-state index is 12.0. The summed E-state index contributed by atoms with van der Waals surface area (Å²) in [6, 6.07) is 0. The van der Waals surface area contributed by atoms with Gasteiger partial charge in [-0.2, -0.15) is 0 Å². The molecular formula is C14H25N3O3. The summed E-state index contributed by atoms with van der Waals surface area (Å²) in [6.45, 7) is 6.25. The quantitative estimate of drug-likeness (QED) is 0.785. The fraction of sp³-hybridized carbons (Fsp3) is 0.786. The van der Waals surface area contributed by atoms with Gasteiger partial charge in [-0.05, 0) is 6.42 Å². The van der Waals surface area contributed by atoms with Gasteiger partial charge in [0.2, 0.25) is 17.7 Å². The Morgan fingerprint density at radius 2 is 1.60 bits per heavy atom. The Bertz CT molecular complexity index is 363. The van der Waals surface area contributed by atoms with Crippen LogP contribution in [0.3, 0.4) is 0 Å².